The molecule has 46 valence electrons. The molecule has 8 heavy (non-hydrogen) atoms. The molecule has 1 unspecified atom stereocenters. The standard InChI is InChI=1S/C5H9NO2/c1-4-2-3-5(4)6(7)8/h4-5H,2-3H2,1H3/t4?,5-/m0/s1. The summed E-state index contributed by atoms with van der Waals surface area (Å²) in [6.07, 6.45) is 1.82. The molecular formula is C5H9NO2. The van der Waals surface area contributed by atoms with Gasteiger partial charge in [0.15, 0.2) is 0 Å². The van der Waals surface area contributed by atoms with E-state index in [4.69, 9.17) is 0 Å². The SMILES string of the molecule is CC1CC[C@@H]1[N+](=O)[O-]. The largest absolute Gasteiger partial charge is 0.264 e. The second-order valence-corrected chi connectivity index (χ2v) is 2.41. The summed E-state index contributed by atoms with van der Waals surface area (Å²) in [6.45, 7) is 1.93. The zero-order valence-corrected chi connectivity index (χ0v) is 4.83. The predicted octanol–water partition coefficient (Wildman–Crippen LogP) is 1.06. The van der Waals surface area contributed by atoms with Gasteiger partial charge in [0, 0.05) is 17.3 Å². The van der Waals surface area contributed by atoms with Gasteiger partial charge >= 0.3 is 0 Å². The number of nitrogens with zero attached hydrogens (tertiary/aromatic N) is 1. The topological polar surface area (TPSA) is 43.1 Å². The van der Waals surface area contributed by atoms with Gasteiger partial charge in [0.05, 0.1) is 0 Å². The normalized spacial score (nSPS) is 36.1. The molecule has 0 aliphatic heterocycles. The molecule has 1 aliphatic carbocycles. The van der Waals surface area contributed by atoms with Crippen molar-refractivity contribution in [2.45, 2.75) is 25.8 Å². The van der Waals surface area contributed by atoms with E-state index in [0.717, 1.165) is 12.8 Å². The summed E-state index contributed by atoms with van der Waals surface area (Å²) >= 11 is 0. The van der Waals surface area contributed by atoms with Crippen LogP contribution < -0.4 is 0 Å². The van der Waals surface area contributed by atoms with Crippen LogP contribution >= 0.6 is 0 Å². The molecule has 0 bridgehead atoms. The van der Waals surface area contributed by atoms with Crippen LogP contribution in [0.1, 0.15) is 19.8 Å². The third-order valence-corrected chi connectivity index (χ3v) is 1.85. The van der Waals surface area contributed by atoms with E-state index < -0.39 is 0 Å². The molecular weight excluding hydrogens is 106 g/mol. The fourth-order valence-corrected chi connectivity index (χ4v) is 0.962. The second-order valence-electron chi connectivity index (χ2n) is 2.41. The molecule has 0 heterocycles. The van der Waals surface area contributed by atoms with Crippen LogP contribution in [-0.2, 0) is 0 Å². The molecule has 0 N–H and O–H groups in total. The Morgan fingerprint density at radius 2 is 2.25 bits per heavy atom. The van der Waals surface area contributed by atoms with Gasteiger partial charge in [0.1, 0.15) is 0 Å². The van der Waals surface area contributed by atoms with Gasteiger partial charge < -0.3 is 0 Å². The lowest BCUT2D eigenvalue weighted by Crippen LogP contribution is -2.36. The van der Waals surface area contributed by atoms with E-state index in [-0.39, 0.29) is 11.0 Å². The highest BCUT2D eigenvalue weighted by molar-refractivity contribution is 4.76. The molecule has 0 radical (unpaired) electrons. The maximum atomic E-state index is 10.00. The Bertz CT molecular complexity index is 113. The molecule has 1 rings (SSSR count). The first-order chi connectivity index (χ1) is 3.72. The van der Waals surface area contributed by atoms with Gasteiger partial charge in [-0.15, -0.1) is 0 Å². The van der Waals surface area contributed by atoms with Crippen LogP contribution in [-0.4, -0.2) is 11.0 Å². The third kappa shape index (κ3) is 0.680. The molecule has 0 aromatic carbocycles. The first-order valence-corrected chi connectivity index (χ1v) is 2.85. The maximum absolute atomic E-state index is 10.00. The average Bonchev–Trinajstić information content (AvgIpc) is 1.61. The van der Waals surface area contributed by atoms with Crippen molar-refractivity contribution >= 4 is 0 Å². The summed E-state index contributed by atoms with van der Waals surface area (Å²) < 4.78 is 0. The lowest BCUT2D eigenvalue weighted by Gasteiger charge is -2.25. The molecule has 1 aliphatic rings. The van der Waals surface area contributed by atoms with E-state index in [9.17, 15) is 10.1 Å². The van der Waals surface area contributed by atoms with Crippen molar-refractivity contribution in [2.75, 3.05) is 0 Å². The Morgan fingerprint density at radius 1 is 1.62 bits per heavy atom. The van der Waals surface area contributed by atoms with E-state index in [1.807, 2.05) is 6.92 Å². The van der Waals surface area contributed by atoms with E-state index in [1.54, 1.807) is 0 Å². The van der Waals surface area contributed by atoms with Crippen LogP contribution in [0.25, 0.3) is 0 Å². The minimum atomic E-state index is -0.227. The van der Waals surface area contributed by atoms with E-state index in [1.165, 1.54) is 0 Å². The summed E-state index contributed by atoms with van der Waals surface area (Å²) in [5.41, 5.74) is 0. The van der Waals surface area contributed by atoms with Crippen molar-refractivity contribution in [3.63, 3.8) is 0 Å². The fraction of sp³-hybridized carbons (Fsp3) is 1.00. The van der Waals surface area contributed by atoms with Crippen molar-refractivity contribution in [1.29, 1.82) is 0 Å². The Labute approximate surface area is 47.8 Å². The van der Waals surface area contributed by atoms with Crippen LogP contribution in [0.3, 0.4) is 0 Å². The van der Waals surface area contributed by atoms with Crippen LogP contribution in [0.2, 0.25) is 0 Å². The fourth-order valence-electron chi connectivity index (χ4n) is 0.962. The van der Waals surface area contributed by atoms with Crippen LogP contribution in [0.15, 0.2) is 0 Å². The van der Waals surface area contributed by atoms with Gasteiger partial charge in [-0.1, -0.05) is 6.92 Å². The molecule has 0 aromatic rings. The van der Waals surface area contributed by atoms with Crippen LogP contribution in [0, 0.1) is 16.0 Å². The summed E-state index contributed by atoms with van der Waals surface area (Å²) in [4.78, 5) is 9.83. The molecule has 0 aromatic heterocycles. The number of nitro groups is 1. The van der Waals surface area contributed by atoms with Crippen molar-refractivity contribution < 1.29 is 4.92 Å². The van der Waals surface area contributed by atoms with Crippen molar-refractivity contribution in [3.05, 3.63) is 10.1 Å². The summed E-state index contributed by atoms with van der Waals surface area (Å²) in [5.74, 6) is 0.324. The maximum Gasteiger partial charge on any atom is 0.215 e. The number of rotatable bonds is 1. The van der Waals surface area contributed by atoms with Gasteiger partial charge in [-0.25, -0.2) is 0 Å². The summed E-state index contributed by atoms with van der Waals surface area (Å²) in [7, 11) is 0. The highest BCUT2D eigenvalue weighted by atomic mass is 16.6. The average molecular weight is 115 g/mol. The first-order valence-electron chi connectivity index (χ1n) is 2.85. The van der Waals surface area contributed by atoms with Crippen LogP contribution in [0.4, 0.5) is 0 Å². The molecule has 3 nitrogen and oxygen atoms in total. The number of hydrogen-bond donors (Lipinski definition) is 0. The van der Waals surface area contributed by atoms with Gasteiger partial charge in [-0.2, -0.15) is 0 Å². The lowest BCUT2D eigenvalue weighted by molar-refractivity contribution is -0.546. The third-order valence-electron chi connectivity index (χ3n) is 1.85. The van der Waals surface area contributed by atoms with E-state index in [2.05, 4.69) is 0 Å². The Kier molecular flexibility index (Phi) is 1.19. The van der Waals surface area contributed by atoms with Gasteiger partial charge in [0.25, 0.3) is 0 Å². The molecule has 2 atom stereocenters. The Hall–Kier alpha value is -0.600. The summed E-state index contributed by atoms with van der Waals surface area (Å²) in [5, 5.41) is 10.00. The summed E-state index contributed by atoms with van der Waals surface area (Å²) in [6, 6.07) is -0.227. The quantitative estimate of drug-likeness (QED) is 0.379. The van der Waals surface area contributed by atoms with E-state index >= 15 is 0 Å². The van der Waals surface area contributed by atoms with Crippen LogP contribution in [0.5, 0.6) is 0 Å². The molecule has 1 fully saturated rings. The number of hydrogen-bond acceptors (Lipinski definition) is 2. The lowest BCUT2D eigenvalue weighted by atomic mass is 9.82. The molecule has 0 spiro atoms. The van der Waals surface area contributed by atoms with Gasteiger partial charge in [-0.3, -0.25) is 10.1 Å². The van der Waals surface area contributed by atoms with Crippen molar-refractivity contribution in [1.82, 2.24) is 0 Å². The highest BCUT2D eigenvalue weighted by Gasteiger charge is 2.36. The second kappa shape index (κ2) is 1.73. The smallest absolute Gasteiger partial charge is 0.215 e. The zero-order valence-electron chi connectivity index (χ0n) is 4.83. The predicted molar refractivity (Wildman–Crippen MR) is 29.2 cm³/mol. The zero-order chi connectivity index (χ0) is 6.15. The molecule has 0 amide bonds. The minimum absolute atomic E-state index is 0.172. The van der Waals surface area contributed by atoms with E-state index in [0.29, 0.717) is 5.92 Å². The monoisotopic (exact) mass is 115 g/mol. The van der Waals surface area contributed by atoms with Crippen molar-refractivity contribution in [3.8, 4) is 0 Å². The minimum Gasteiger partial charge on any atom is -0.264 e. The van der Waals surface area contributed by atoms with Gasteiger partial charge in [-0.05, 0) is 6.42 Å². The highest BCUT2D eigenvalue weighted by Crippen LogP contribution is 2.28. The van der Waals surface area contributed by atoms with Gasteiger partial charge in [0.2, 0.25) is 6.04 Å². The molecule has 3 heteroatoms. The first kappa shape index (κ1) is 5.54. The molecule has 0 saturated heterocycles. The Balaban J connectivity index is 2.37. The molecule has 1 saturated carbocycles. The Morgan fingerprint density at radius 3 is 2.25 bits per heavy atom. The van der Waals surface area contributed by atoms with Crippen molar-refractivity contribution in [2.24, 2.45) is 5.92 Å².